The van der Waals surface area contributed by atoms with E-state index in [1.165, 1.54) is 23.2 Å². The van der Waals surface area contributed by atoms with E-state index in [-0.39, 0.29) is 18.2 Å². The lowest BCUT2D eigenvalue weighted by Gasteiger charge is -2.32. The minimum atomic E-state index is -0.259. The molecule has 4 rings (SSSR count). The normalized spacial score (nSPS) is 14.2. The average Bonchev–Trinajstić information content (AvgIpc) is 3.47. The van der Waals surface area contributed by atoms with Gasteiger partial charge in [0.1, 0.15) is 11.5 Å². The quantitative estimate of drug-likeness (QED) is 0.459. The maximum absolute atomic E-state index is 12.8. The van der Waals surface area contributed by atoms with Crippen molar-refractivity contribution < 1.29 is 18.7 Å². The summed E-state index contributed by atoms with van der Waals surface area (Å²) < 4.78 is 10.7. The average molecular weight is 482 g/mol. The molecular formula is C26H31N3O4S. The zero-order chi connectivity index (χ0) is 23.9. The molecule has 0 unspecified atom stereocenters. The molecule has 1 N–H and O–H groups in total. The maximum atomic E-state index is 12.8. The smallest absolute Gasteiger partial charge is 0.260 e. The molecule has 8 heteroatoms. The molecule has 34 heavy (non-hydrogen) atoms. The molecule has 0 atom stereocenters. The first-order chi connectivity index (χ1) is 16.5. The van der Waals surface area contributed by atoms with E-state index >= 15 is 0 Å². The highest BCUT2D eigenvalue weighted by Crippen LogP contribution is 2.24. The minimum absolute atomic E-state index is 0.0961. The zero-order valence-electron chi connectivity index (χ0n) is 19.7. The van der Waals surface area contributed by atoms with Crippen molar-refractivity contribution in [2.45, 2.75) is 46.0 Å². The molecule has 0 saturated carbocycles. The van der Waals surface area contributed by atoms with E-state index < -0.39 is 0 Å². The van der Waals surface area contributed by atoms with Gasteiger partial charge in [-0.05, 0) is 69.2 Å². The summed E-state index contributed by atoms with van der Waals surface area (Å²) in [7, 11) is 0. The molecular weight excluding hydrogens is 450 g/mol. The number of anilines is 1. The SMILES string of the molecule is CCOc1ccc(CCC2CCN(C(=O)Cc3csc(NC(=O)c4ccoc4C)n3)CC2)cc1. The Morgan fingerprint density at radius 2 is 1.97 bits per heavy atom. The van der Waals surface area contributed by atoms with Crippen molar-refractivity contribution in [3.8, 4) is 5.75 Å². The maximum Gasteiger partial charge on any atom is 0.260 e. The van der Waals surface area contributed by atoms with Crippen LogP contribution in [0.2, 0.25) is 0 Å². The number of furan rings is 1. The second-order valence-corrected chi connectivity index (χ2v) is 9.46. The standard InChI is InChI=1S/C26H31N3O4S/c1-3-32-22-8-6-19(7-9-22)4-5-20-10-13-29(14-11-20)24(30)16-21-17-34-26(27-21)28-25(31)23-12-15-33-18(23)2/h6-9,12,15,17,20H,3-5,10-11,13-14,16H2,1-2H3,(H,27,28,31). The van der Waals surface area contributed by atoms with Gasteiger partial charge in [-0.2, -0.15) is 0 Å². The number of likely N-dealkylation sites (tertiary alicyclic amines) is 1. The Hall–Kier alpha value is -3.13. The van der Waals surface area contributed by atoms with E-state index in [1.807, 2.05) is 29.3 Å². The highest BCUT2D eigenvalue weighted by atomic mass is 32.1. The van der Waals surface area contributed by atoms with Crippen LogP contribution >= 0.6 is 11.3 Å². The summed E-state index contributed by atoms with van der Waals surface area (Å²) in [6.45, 7) is 6.00. The number of nitrogens with zero attached hydrogens (tertiary/aromatic N) is 2. The molecule has 3 heterocycles. The van der Waals surface area contributed by atoms with Crippen LogP contribution in [0.4, 0.5) is 5.13 Å². The number of carbonyl (C=O) groups excluding carboxylic acids is 2. The third kappa shape index (κ3) is 6.26. The number of thiazole rings is 1. The van der Waals surface area contributed by atoms with Crippen molar-refractivity contribution in [3.63, 3.8) is 0 Å². The predicted molar refractivity (Wildman–Crippen MR) is 132 cm³/mol. The number of hydrogen-bond acceptors (Lipinski definition) is 6. The number of carbonyl (C=O) groups is 2. The van der Waals surface area contributed by atoms with Crippen LogP contribution in [-0.4, -0.2) is 41.4 Å². The van der Waals surface area contributed by atoms with E-state index in [9.17, 15) is 9.59 Å². The zero-order valence-corrected chi connectivity index (χ0v) is 20.5. The monoisotopic (exact) mass is 481 g/mol. The van der Waals surface area contributed by atoms with E-state index in [1.54, 1.807) is 13.0 Å². The summed E-state index contributed by atoms with van der Waals surface area (Å²) in [5.74, 6) is 1.96. The van der Waals surface area contributed by atoms with Crippen molar-refractivity contribution >= 4 is 28.3 Å². The molecule has 1 aliphatic rings. The van der Waals surface area contributed by atoms with Gasteiger partial charge in [-0.15, -0.1) is 11.3 Å². The number of nitrogens with one attached hydrogen (secondary N) is 1. The lowest BCUT2D eigenvalue weighted by atomic mass is 9.90. The third-order valence-electron chi connectivity index (χ3n) is 6.25. The van der Waals surface area contributed by atoms with Crippen molar-refractivity contribution in [3.05, 3.63) is 64.6 Å². The Morgan fingerprint density at radius 1 is 1.21 bits per heavy atom. The fraction of sp³-hybridized carbons (Fsp3) is 0.423. The topological polar surface area (TPSA) is 84.7 Å². The summed E-state index contributed by atoms with van der Waals surface area (Å²) >= 11 is 1.33. The minimum Gasteiger partial charge on any atom is -0.494 e. The lowest BCUT2D eigenvalue weighted by molar-refractivity contribution is -0.131. The Morgan fingerprint density at radius 3 is 2.65 bits per heavy atom. The summed E-state index contributed by atoms with van der Waals surface area (Å²) in [4.78, 5) is 31.5. The molecule has 180 valence electrons. The molecule has 0 aliphatic carbocycles. The lowest BCUT2D eigenvalue weighted by Crippen LogP contribution is -2.39. The van der Waals surface area contributed by atoms with Gasteiger partial charge in [0, 0.05) is 18.5 Å². The first kappa shape index (κ1) is 24.0. The van der Waals surface area contributed by atoms with Crippen LogP contribution < -0.4 is 10.1 Å². The van der Waals surface area contributed by atoms with Gasteiger partial charge in [0.05, 0.1) is 30.5 Å². The summed E-state index contributed by atoms with van der Waals surface area (Å²) in [6.07, 6.45) is 6.00. The summed E-state index contributed by atoms with van der Waals surface area (Å²) in [5, 5.41) is 5.10. The molecule has 2 aromatic heterocycles. The van der Waals surface area contributed by atoms with Gasteiger partial charge >= 0.3 is 0 Å². The van der Waals surface area contributed by atoms with Crippen LogP contribution in [0.25, 0.3) is 0 Å². The molecule has 2 amide bonds. The van der Waals surface area contributed by atoms with E-state index in [0.29, 0.717) is 34.7 Å². The highest BCUT2D eigenvalue weighted by molar-refractivity contribution is 7.14. The van der Waals surface area contributed by atoms with Crippen LogP contribution in [0.15, 0.2) is 46.4 Å². The van der Waals surface area contributed by atoms with Gasteiger partial charge in [0.15, 0.2) is 5.13 Å². The summed E-state index contributed by atoms with van der Waals surface area (Å²) in [6, 6.07) is 9.99. The van der Waals surface area contributed by atoms with Crippen molar-refractivity contribution in [2.75, 3.05) is 25.0 Å². The molecule has 1 saturated heterocycles. The highest BCUT2D eigenvalue weighted by Gasteiger charge is 2.23. The Balaban J connectivity index is 1.19. The first-order valence-corrected chi connectivity index (χ1v) is 12.7. The van der Waals surface area contributed by atoms with Gasteiger partial charge in [-0.25, -0.2) is 4.98 Å². The Bertz CT molecular complexity index is 1100. The van der Waals surface area contributed by atoms with Gasteiger partial charge in [0.2, 0.25) is 5.91 Å². The molecule has 0 radical (unpaired) electrons. The fourth-order valence-corrected chi connectivity index (χ4v) is 4.96. The van der Waals surface area contributed by atoms with Gasteiger partial charge in [-0.1, -0.05) is 12.1 Å². The molecule has 7 nitrogen and oxygen atoms in total. The first-order valence-electron chi connectivity index (χ1n) is 11.8. The van der Waals surface area contributed by atoms with Crippen LogP contribution in [0.5, 0.6) is 5.75 Å². The number of piperidine rings is 1. The number of ether oxygens (including phenoxy) is 1. The van der Waals surface area contributed by atoms with Crippen molar-refractivity contribution in [1.29, 1.82) is 0 Å². The van der Waals surface area contributed by atoms with Gasteiger partial charge < -0.3 is 14.1 Å². The van der Waals surface area contributed by atoms with E-state index in [0.717, 1.165) is 44.5 Å². The van der Waals surface area contributed by atoms with E-state index in [2.05, 4.69) is 22.4 Å². The molecule has 1 aromatic carbocycles. The second kappa shape index (κ2) is 11.3. The number of aromatic nitrogens is 1. The van der Waals surface area contributed by atoms with Crippen LogP contribution in [0, 0.1) is 12.8 Å². The largest absolute Gasteiger partial charge is 0.494 e. The van der Waals surface area contributed by atoms with Crippen molar-refractivity contribution in [1.82, 2.24) is 9.88 Å². The molecule has 3 aromatic rings. The molecule has 0 bridgehead atoms. The summed E-state index contributed by atoms with van der Waals surface area (Å²) in [5.41, 5.74) is 2.50. The molecule has 0 spiro atoms. The fourth-order valence-electron chi connectivity index (χ4n) is 4.26. The van der Waals surface area contributed by atoms with Crippen LogP contribution in [0.3, 0.4) is 0 Å². The van der Waals surface area contributed by atoms with Crippen LogP contribution in [0.1, 0.15) is 53.6 Å². The van der Waals surface area contributed by atoms with E-state index in [4.69, 9.17) is 9.15 Å². The third-order valence-corrected chi connectivity index (χ3v) is 7.06. The number of amides is 2. The number of hydrogen-bond donors (Lipinski definition) is 1. The molecule has 1 aliphatic heterocycles. The van der Waals surface area contributed by atoms with Gasteiger partial charge in [0.25, 0.3) is 5.91 Å². The van der Waals surface area contributed by atoms with Crippen LogP contribution in [-0.2, 0) is 17.6 Å². The molecule has 1 fully saturated rings. The Labute approximate surface area is 204 Å². The number of aryl methyl sites for hydroxylation is 2. The Kier molecular flexibility index (Phi) is 8.00. The second-order valence-electron chi connectivity index (χ2n) is 8.61. The van der Waals surface area contributed by atoms with Gasteiger partial charge in [-0.3, -0.25) is 14.9 Å². The van der Waals surface area contributed by atoms with Crippen molar-refractivity contribution in [2.24, 2.45) is 5.92 Å². The number of benzene rings is 1. The number of rotatable bonds is 9. The predicted octanol–water partition coefficient (Wildman–Crippen LogP) is 5.11.